The molecule has 8 heteroatoms. The molecule has 0 saturated carbocycles. The molecule has 0 amide bonds. The number of anilines is 2. The van der Waals surface area contributed by atoms with Crippen LogP contribution in [0.5, 0.6) is 0 Å². The van der Waals surface area contributed by atoms with Gasteiger partial charge in [0.15, 0.2) is 0 Å². The number of H-pyrrole nitrogens is 1. The normalized spacial score (nSPS) is 17.3. The second-order valence-corrected chi connectivity index (χ2v) is 6.69. The molecule has 4 rings (SSSR count). The predicted molar refractivity (Wildman–Crippen MR) is 101 cm³/mol. The number of nitrogens with one attached hydrogen (secondary N) is 2. The highest BCUT2D eigenvalue weighted by atomic mass is 19.1. The maximum Gasteiger partial charge on any atom is 0.253 e. The second kappa shape index (κ2) is 7.32. The van der Waals surface area contributed by atoms with Crippen molar-refractivity contribution >= 4 is 22.7 Å². The molecule has 7 nitrogen and oxygen atoms in total. The third-order valence-electron chi connectivity index (χ3n) is 4.68. The van der Waals surface area contributed by atoms with Gasteiger partial charge in [0.1, 0.15) is 11.6 Å². The van der Waals surface area contributed by atoms with Crippen LogP contribution in [0.1, 0.15) is 18.4 Å². The Balaban J connectivity index is 1.51. The van der Waals surface area contributed by atoms with Crippen LogP contribution >= 0.6 is 0 Å². The summed E-state index contributed by atoms with van der Waals surface area (Å²) in [6, 6.07) is 7.82. The minimum Gasteiger partial charge on any atom is -0.391 e. The first kappa shape index (κ1) is 17.4. The fourth-order valence-electron chi connectivity index (χ4n) is 3.30. The van der Waals surface area contributed by atoms with E-state index in [0.29, 0.717) is 23.6 Å². The summed E-state index contributed by atoms with van der Waals surface area (Å²) < 4.78 is 13.3. The van der Waals surface area contributed by atoms with E-state index in [2.05, 4.69) is 20.3 Å². The third-order valence-corrected chi connectivity index (χ3v) is 4.68. The number of pyridine rings is 1. The van der Waals surface area contributed by atoms with Gasteiger partial charge >= 0.3 is 0 Å². The Bertz CT molecular complexity index is 1020. The number of hydrogen-bond acceptors (Lipinski definition) is 6. The predicted octanol–water partition coefficient (Wildman–Crippen LogP) is 2.03. The highest BCUT2D eigenvalue weighted by Gasteiger charge is 2.19. The number of aromatic amines is 1. The number of β-amino-alcohol motifs (C(OH)–C–C–N with tert-alkyl or cyclic N) is 1. The lowest BCUT2D eigenvalue weighted by Crippen LogP contribution is -2.38. The number of piperidine rings is 1. The van der Waals surface area contributed by atoms with Crippen LogP contribution in [0.4, 0.5) is 16.2 Å². The summed E-state index contributed by atoms with van der Waals surface area (Å²) in [6.07, 6.45) is 3.03. The highest BCUT2D eigenvalue weighted by Crippen LogP contribution is 2.19. The minimum atomic E-state index is -0.392. The zero-order valence-electron chi connectivity index (χ0n) is 14.7. The molecule has 0 bridgehead atoms. The van der Waals surface area contributed by atoms with Crippen molar-refractivity contribution in [3.63, 3.8) is 0 Å². The molecule has 0 aliphatic carbocycles. The van der Waals surface area contributed by atoms with Gasteiger partial charge in [-0.05, 0) is 48.6 Å². The van der Waals surface area contributed by atoms with E-state index in [1.54, 1.807) is 24.4 Å². The van der Waals surface area contributed by atoms with Crippen molar-refractivity contribution in [2.75, 3.05) is 23.3 Å². The lowest BCUT2D eigenvalue weighted by Gasteiger charge is -2.31. The van der Waals surface area contributed by atoms with E-state index >= 15 is 0 Å². The standard InChI is InChI=1S/C19H20FN5O2/c20-14-4-3-12-8-13(18(27)23-16(12)9-14)10-22-19-21-6-5-17(24-19)25-7-1-2-15(26)11-25/h3-6,8-9,15,26H,1-2,7,10-11H2,(H,23,27)(H,21,22,24). The molecule has 3 aromatic rings. The Hall–Kier alpha value is -3.00. The van der Waals surface area contributed by atoms with Gasteiger partial charge in [0.05, 0.1) is 11.6 Å². The van der Waals surface area contributed by atoms with Gasteiger partial charge in [0.25, 0.3) is 5.56 Å². The van der Waals surface area contributed by atoms with Crippen molar-refractivity contribution in [3.8, 4) is 0 Å². The Labute approximate surface area is 154 Å². The Morgan fingerprint density at radius 2 is 2.22 bits per heavy atom. The zero-order chi connectivity index (χ0) is 18.8. The highest BCUT2D eigenvalue weighted by molar-refractivity contribution is 5.78. The van der Waals surface area contributed by atoms with Gasteiger partial charge in [-0.25, -0.2) is 9.37 Å². The summed E-state index contributed by atoms with van der Waals surface area (Å²) in [5.74, 6) is 0.761. The molecule has 3 N–H and O–H groups in total. The molecule has 0 spiro atoms. The van der Waals surface area contributed by atoms with E-state index in [1.807, 2.05) is 4.90 Å². The number of aliphatic hydroxyl groups excluding tert-OH is 1. The van der Waals surface area contributed by atoms with E-state index in [4.69, 9.17) is 0 Å². The van der Waals surface area contributed by atoms with E-state index in [9.17, 15) is 14.3 Å². The fraction of sp³-hybridized carbons (Fsp3) is 0.316. The molecular weight excluding hydrogens is 349 g/mol. The molecule has 1 fully saturated rings. The summed E-state index contributed by atoms with van der Waals surface area (Å²) in [5.41, 5.74) is 0.693. The SMILES string of the molecule is O=c1[nH]c2cc(F)ccc2cc1CNc1nccc(N2CCCC(O)C2)n1. The first-order valence-corrected chi connectivity index (χ1v) is 8.90. The molecule has 1 saturated heterocycles. The first-order chi connectivity index (χ1) is 13.1. The van der Waals surface area contributed by atoms with Gasteiger partial charge in [0.2, 0.25) is 5.95 Å². The van der Waals surface area contributed by atoms with Crippen molar-refractivity contribution in [1.29, 1.82) is 0 Å². The Morgan fingerprint density at radius 3 is 3.07 bits per heavy atom. The summed E-state index contributed by atoms with van der Waals surface area (Å²) in [6.45, 7) is 1.64. The molecule has 0 radical (unpaired) electrons. The van der Waals surface area contributed by atoms with Crippen LogP contribution in [0, 0.1) is 5.82 Å². The number of hydrogen-bond donors (Lipinski definition) is 3. The summed E-state index contributed by atoms with van der Waals surface area (Å²) >= 11 is 0. The van der Waals surface area contributed by atoms with E-state index in [0.717, 1.165) is 30.6 Å². The van der Waals surface area contributed by atoms with Gasteiger partial charge in [-0.15, -0.1) is 0 Å². The quantitative estimate of drug-likeness (QED) is 0.652. The summed E-state index contributed by atoms with van der Waals surface area (Å²) in [4.78, 5) is 25.6. The number of fused-ring (bicyclic) bond motifs is 1. The van der Waals surface area contributed by atoms with Crippen molar-refractivity contribution in [2.24, 2.45) is 0 Å². The average molecular weight is 369 g/mol. The van der Waals surface area contributed by atoms with Crippen LogP contribution in [0.2, 0.25) is 0 Å². The Morgan fingerprint density at radius 1 is 1.33 bits per heavy atom. The topological polar surface area (TPSA) is 94.1 Å². The third kappa shape index (κ3) is 3.90. The molecule has 3 heterocycles. The number of halogens is 1. The van der Waals surface area contributed by atoms with Crippen molar-refractivity contribution in [2.45, 2.75) is 25.5 Å². The summed E-state index contributed by atoms with van der Waals surface area (Å²) in [5, 5.41) is 13.7. The van der Waals surface area contributed by atoms with Gasteiger partial charge < -0.3 is 20.3 Å². The van der Waals surface area contributed by atoms with Crippen molar-refractivity contribution < 1.29 is 9.50 Å². The molecule has 1 unspecified atom stereocenters. The number of nitrogens with zero attached hydrogens (tertiary/aromatic N) is 3. The van der Waals surface area contributed by atoms with Gasteiger partial charge in [0, 0.05) is 31.4 Å². The van der Waals surface area contributed by atoms with Crippen LogP contribution < -0.4 is 15.8 Å². The number of benzene rings is 1. The van der Waals surface area contributed by atoms with Crippen LogP contribution in [0.15, 0.2) is 41.3 Å². The minimum absolute atomic E-state index is 0.245. The molecular formula is C19H20FN5O2. The maximum atomic E-state index is 13.3. The average Bonchev–Trinajstić information content (AvgIpc) is 2.66. The van der Waals surface area contributed by atoms with Crippen LogP contribution in [-0.2, 0) is 6.54 Å². The van der Waals surface area contributed by atoms with Crippen LogP contribution in [-0.4, -0.2) is 39.3 Å². The van der Waals surface area contributed by atoms with Gasteiger partial charge in [-0.2, -0.15) is 4.98 Å². The van der Waals surface area contributed by atoms with E-state index in [1.165, 1.54) is 12.1 Å². The van der Waals surface area contributed by atoms with Gasteiger partial charge in [-0.1, -0.05) is 0 Å². The van der Waals surface area contributed by atoms with Gasteiger partial charge in [-0.3, -0.25) is 4.79 Å². The maximum absolute atomic E-state index is 13.3. The molecule has 1 aliphatic rings. The molecule has 1 aliphatic heterocycles. The number of aliphatic hydroxyl groups is 1. The molecule has 140 valence electrons. The van der Waals surface area contributed by atoms with Crippen LogP contribution in [0.25, 0.3) is 10.9 Å². The second-order valence-electron chi connectivity index (χ2n) is 6.69. The van der Waals surface area contributed by atoms with Crippen molar-refractivity contribution in [1.82, 2.24) is 15.0 Å². The molecule has 27 heavy (non-hydrogen) atoms. The lowest BCUT2D eigenvalue weighted by atomic mass is 10.1. The van der Waals surface area contributed by atoms with E-state index in [-0.39, 0.29) is 18.2 Å². The van der Waals surface area contributed by atoms with Crippen LogP contribution in [0.3, 0.4) is 0 Å². The van der Waals surface area contributed by atoms with Crippen molar-refractivity contribution in [3.05, 3.63) is 58.3 Å². The molecule has 1 aromatic carbocycles. The summed E-state index contributed by atoms with van der Waals surface area (Å²) in [7, 11) is 0. The van der Waals surface area contributed by atoms with E-state index < -0.39 is 5.82 Å². The zero-order valence-corrected chi connectivity index (χ0v) is 14.7. The monoisotopic (exact) mass is 369 g/mol. The number of aromatic nitrogens is 3. The lowest BCUT2D eigenvalue weighted by molar-refractivity contribution is 0.154. The molecule has 1 atom stereocenters. The number of rotatable bonds is 4. The molecule has 2 aromatic heterocycles. The first-order valence-electron chi connectivity index (χ1n) is 8.90. The smallest absolute Gasteiger partial charge is 0.253 e. The largest absolute Gasteiger partial charge is 0.391 e. The fourth-order valence-corrected chi connectivity index (χ4v) is 3.30. The Kier molecular flexibility index (Phi) is 4.72.